The second-order valence-corrected chi connectivity index (χ2v) is 6.61. The monoisotopic (exact) mass is 436 g/mol. The molecule has 1 aromatic carbocycles. The number of nitrogens with one attached hydrogen (secondary N) is 3. The van der Waals surface area contributed by atoms with Crippen molar-refractivity contribution in [2.45, 2.75) is 29.8 Å². The van der Waals surface area contributed by atoms with Gasteiger partial charge < -0.3 is 15.7 Å². The molecule has 0 aromatic heterocycles. The molecule has 0 heterocycles. The van der Waals surface area contributed by atoms with E-state index in [4.69, 9.17) is 28.4 Å². The van der Waals surface area contributed by atoms with Gasteiger partial charge >= 0.3 is 0 Å². The summed E-state index contributed by atoms with van der Waals surface area (Å²) in [6.07, 6.45) is -1.44. The van der Waals surface area contributed by atoms with Gasteiger partial charge in [0, 0.05) is 25.1 Å². The van der Waals surface area contributed by atoms with Gasteiger partial charge in [-0.2, -0.15) is 0 Å². The molecule has 2 unspecified atom stereocenters. The van der Waals surface area contributed by atoms with Crippen LogP contribution in [0.4, 0.5) is 5.69 Å². The summed E-state index contributed by atoms with van der Waals surface area (Å²) in [7, 11) is 0. The van der Waals surface area contributed by atoms with Gasteiger partial charge in [-0.15, -0.1) is 0 Å². The summed E-state index contributed by atoms with van der Waals surface area (Å²) in [5, 5.41) is 34.2. The number of nitro groups is 1. The Kier molecular flexibility index (Phi) is 9.59. The maximum Gasteiger partial charge on any atom is 0.269 e. The Bertz CT molecular complexity index is 715. The number of nitrogens with zero attached hydrogens (tertiary/aromatic N) is 1. The summed E-state index contributed by atoms with van der Waals surface area (Å²) in [5.74, 6) is -2.36. The molecule has 2 atom stereocenters. The Labute approximate surface area is 169 Å². The Morgan fingerprint density at radius 2 is 1.75 bits per heavy atom. The fraction of sp³-hybridized carbons (Fsp3) is 0.400. The van der Waals surface area contributed by atoms with E-state index in [2.05, 4.69) is 10.6 Å². The SMILES string of the molecule is O=C(CCCNC(=O)C(NC(=O)C(Cl)Cl)C(O)c1ccc([N+](=O)[O-])cc1)NO. The highest BCUT2D eigenvalue weighted by atomic mass is 35.5. The average Bonchev–Trinajstić information content (AvgIpc) is 2.68. The third kappa shape index (κ3) is 7.27. The summed E-state index contributed by atoms with van der Waals surface area (Å²) < 4.78 is 0. The topological polar surface area (TPSA) is 171 Å². The highest BCUT2D eigenvalue weighted by molar-refractivity contribution is 6.53. The van der Waals surface area contributed by atoms with Gasteiger partial charge in [0.1, 0.15) is 12.1 Å². The molecule has 11 nitrogen and oxygen atoms in total. The van der Waals surface area contributed by atoms with Crippen LogP contribution in [0.15, 0.2) is 24.3 Å². The lowest BCUT2D eigenvalue weighted by Crippen LogP contribution is -2.51. The summed E-state index contributed by atoms with van der Waals surface area (Å²) in [6, 6.07) is 3.24. The minimum atomic E-state index is -1.56. The second-order valence-electron chi connectivity index (χ2n) is 5.51. The number of hydrogen-bond donors (Lipinski definition) is 5. The molecule has 0 aliphatic carbocycles. The van der Waals surface area contributed by atoms with E-state index in [1.165, 1.54) is 17.6 Å². The van der Waals surface area contributed by atoms with Gasteiger partial charge in [0.2, 0.25) is 11.8 Å². The van der Waals surface area contributed by atoms with E-state index in [0.717, 1.165) is 12.1 Å². The van der Waals surface area contributed by atoms with Crippen molar-refractivity contribution in [3.63, 3.8) is 0 Å². The molecule has 0 fully saturated rings. The highest BCUT2D eigenvalue weighted by Gasteiger charge is 2.31. The Hall–Kier alpha value is -2.47. The van der Waals surface area contributed by atoms with Crippen molar-refractivity contribution in [1.82, 2.24) is 16.1 Å². The van der Waals surface area contributed by atoms with E-state index in [-0.39, 0.29) is 30.6 Å². The average molecular weight is 437 g/mol. The molecular formula is C15H18Cl2N4O7. The predicted molar refractivity (Wildman–Crippen MR) is 97.7 cm³/mol. The third-order valence-electron chi connectivity index (χ3n) is 3.54. The minimum Gasteiger partial charge on any atom is -0.386 e. The van der Waals surface area contributed by atoms with Crippen molar-refractivity contribution in [3.8, 4) is 0 Å². The summed E-state index contributed by atoms with van der Waals surface area (Å²) >= 11 is 10.9. The number of carbonyl (C=O) groups excluding carboxylic acids is 3. The number of rotatable bonds is 10. The molecule has 154 valence electrons. The molecule has 0 spiro atoms. The van der Waals surface area contributed by atoms with Crippen LogP contribution in [0.25, 0.3) is 0 Å². The number of halogens is 2. The van der Waals surface area contributed by atoms with Crippen molar-refractivity contribution in [1.29, 1.82) is 0 Å². The van der Waals surface area contributed by atoms with Gasteiger partial charge in [-0.25, -0.2) is 5.48 Å². The molecule has 5 N–H and O–H groups in total. The zero-order valence-electron chi connectivity index (χ0n) is 14.3. The van der Waals surface area contributed by atoms with Crippen LogP contribution in [-0.4, -0.2) is 50.4 Å². The van der Waals surface area contributed by atoms with Gasteiger partial charge in [-0.05, 0) is 24.1 Å². The molecule has 0 bridgehead atoms. The lowest BCUT2D eigenvalue weighted by molar-refractivity contribution is -0.384. The van der Waals surface area contributed by atoms with E-state index >= 15 is 0 Å². The van der Waals surface area contributed by atoms with E-state index in [9.17, 15) is 29.6 Å². The van der Waals surface area contributed by atoms with E-state index < -0.39 is 39.6 Å². The van der Waals surface area contributed by atoms with Crippen LogP contribution >= 0.6 is 23.2 Å². The third-order valence-corrected chi connectivity index (χ3v) is 3.94. The van der Waals surface area contributed by atoms with Crippen LogP contribution in [0.1, 0.15) is 24.5 Å². The number of carbonyl (C=O) groups is 3. The molecule has 3 amide bonds. The maximum absolute atomic E-state index is 12.4. The van der Waals surface area contributed by atoms with Gasteiger partial charge in [0.15, 0.2) is 4.84 Å². The Morgan fingerprint density at radius 1 is 1.14 bits per heavy atom. The normalized spacial score (nSPS) is 12.8. The first-order valence-electron chi connectivity index (χ1n) is 7.89. The molecule has 0 aliphatic heterocycles. The second kappa shape index (κ2) is 11.4. The van der Waals surface area contributed by atoms with E-state index in [0.29, 0.717) is 0 Å². The summed E-state index contributed by atoms with van der Waals surface area (Å²) in [5.41, 5.74) is 1.35. The standard InChI is InChI=1S/C15H18Cl2N4O7/c16-13(17)15(25)19-11(14(24)18-7-1-2-10(22)20-26)12(23)8-3-5-9(6-4-8)21(27)28/h3-6,11-13,23,26H,1-2,7H2,(H,18,24)(H,19,25)(H,20,22). The smallest absolute Gasteiger partial charge is 0.269 e. The zero-order valence-corrected chi connectivity index (χ0v) is 15.8. The summed E-state index contributed by atoms with van der Waals surface area (Å²) in [6.45, 7) is 0.0107. The van der Waals surface area contributed by atoms with Crippen LogP contribution in [0.5, 0.6) is 0 Å². The number of alkyl halides is 2. The molecule has 1 rings (SSSR count). The van der Waals surface area contributed by atoms with Crippen molar-refractivity contribution >= 4 is 46.6 Å². The fourth-order valence-electron chi connectivity index (χ4n) is 2.12. The number of benzene rings is 1. The van der Waals surface area contributed by atoms with E-state index in [1.54, 1.807) is 0 Å². The minimum absolute atomic E-state index is 0.0107. The Morgan fingerprint density at radius 3 is 2.25 bits per heavy atom. The first kappa shape index (κ1) is 23.6. The number of aliphatic hydroxyl groups excluding tert-OH is 1. The van der Waals surface area contributed by atoms with Crippen LogP contribution in [0.2, 0.25) is 0 Å². The number of hydrogen-bond acceptors (Lipinski definition) is 7. The van der Waals surface area contributed by atoms with Crippen LogP contribution in [0, 0.1) is 10.1 Å². The lowest BCUT2D eigenvalue weighted by Gasteiger charge is -2.24. The largest absolute Gasteiger partial charge is 0.386 e. The van der Waals surface area contributed by atoms with E-state index in [1.807, 2.05) is 0 Å². The highest BCUT2D eigenvalue weighted by Crippen LogP contribution is 2.21. The van der Waals surface area contributed by atoms with Crippen molar-refractivity contribution in [2.75, 3.05) is 6.54 Å². The van der Waals surface area contributed by atoms with Gasteiger partial charge in [-0.1, -0.05) is 23.2 Å². The first-order chi connectivity index (χ1) is 13.2. The van der Waals surface area contributed by atoms with Crippen molar-refractivity contribution in [3.05, 3.63) is 39.9 Å². The zero-order chi connectivity index (χ0) is 21.3. The van der Waals surface area contributed by atoms with Gasteiger partial charge in [0.25, 0.3) is 11.6 Å². The number of amides is 3. The predicted octanol–water partition coefficient (Wildman–Crippen LogP) is 0.318. The van der Waals surface area contributed by atoms with Crippen molar-refractivity contribution < 1.29 is 29.6 Å². The number of hydroxylamine groups is 1. The molecule has 0 saturated carbocycles. The fourth-order valence-corrected chi connectivity index (χ4v) is 2.24. The molecule has 0 radical (unpaired) electrons. The van der Waals surface area contributed by atoms with Gasteiger partial charge in [-0.3, -0.25) is 29.7 Å². The molecule has 0 saturated heterocycles. The molecule has 28 heavy (non-hydrogen) atoms. The summed E-state index contributed by atoms with van der Waals surface area (Å²) in [4.78, 5) is 43.7. The van der Waals surface area contributed by atoms with Crippen LogP contribution in [0.3, 0.4) is 0 Å². The quantitative estimate of drug-likeness (QED) is 0.115. The first-order valence-corrected chi connectivity index (χ1v) is 8.76. The molecule has 13 heteroatoms. The maximum atomic E-state index is 12.4. The van der Waals surface area contributed by atoms with Crippen LogP contribution < -0.4 is 16.1 Å². The van der Waals surface area contributed by atoms with Crippen molar-refractivity contribution in [2.24, 2.45) is 0 Å². The molecule has 1 aromatic rings. The number of non-ortho nitro benzene ring substituents is 1. The Balaban J connectivity index is 2.87. The van der Waals surface area contributed by atoms with Crippen LogP contribution in [-0.2, 0) is 14.4 Å². The molecular weight excluding hydrogens is 419 g/mol. The lowest BCUT2D eigenvalue weighted by atomic mass is 10.0. The number of aliphatic hydroxyl groups is 1. The van der Waals surface area contributed by atoms with Gasteiger partial charge in [0.05, 0.1) is 4.92 Å². The molecule has 0 aliphatic rings. The number of nitro benzene ring substituents is 1.